The number of hydrogen-bond donors (Lipinski definition) is 24. The third-order valence-electron chi connectivity index (χ3n) is 20.9. The molecule has 0 bridgehead atoms. The van der Waals surface area contributed by atoms with E-state index in [1.165, 1.54) is 38.3 Å². The molecule has 0 saturated carbocycles. The first kappa shape index (κ1) is 98.7. The number of carboxylic acids is 4. The molecule has 47 heteroatoms. The van der Waals surface area contributed by atoms with Crippen LogP contribution in [0.2, 0.25) is 0 Å². The number of para-hydroxylation sites is 1. The van der Waals surface area contributed by atoms with E-state index >= 15 is 38.4 Å². The van der Waals surface area contributed by atoms with Crippen LogP contribution in [-0.2, 0) is 101 Å². The Morgan fingerprint density at radius 1 is 0.552 bits per heavy atom. The standard InChI is InChI=1S/C78H114N26O21/c1-44(2)66(67(79)116)99-75(124)58-17-10-22-104(58)76(125)52(16-9-21-86-78(82)83)94-73(122)56-34-59(105)88-37-57(91-60(106)38-89-61(107)39-100-23-25-101(40-63(110)111)27-29-103(42-65(114)115)30-28-102(26-24-100)41-64(112)113)74(123)93-51(18-19-62(108)109)69(118)97-55(33-47-36-84-43-90-47)72(121)95-53(31-45-11-4-3-5-12-45)70(119)92-50(15-8-20-85-77(80)81)68(117)96-54(71(120)98-56)32-46-35-87-49-14-7-6-13-48(46)49/h3-7,11-14,35-36,43-44,50-58,66,87H,8-10,15-34,37-42H2,1-2H3,(H2,79,116)(H,84,90)(H,88,105)(H,89,107)(H,91,106)(H,92,119)(H,93,123)(H,94,122)(H,95,121)(H,96,117)(H,97,118)(H,98,120)(H,99,124)(H,108,109)(H,110,111)(H,112,113)(H,114,115)(H4,80,81,85)(H4,82,83,86)/t50-,51-,52-,53+,54-,55-,56-,57-,58-,66-/m0/s1. The SMILES string of the molecule is CC(C)[C@H](NC(=O)[C@@H]1CCCN1C(=O)[C@H](CCCNC(=N)N)NC(=O)[C@@H]1CC(=O)NC[C@H](NC(=O)CNC(=O)CN2CCN(CC(=O)O)CCN(CC(=O)O)CCN(CC(=O)O)CC2)C(=O)N[C@@H](CCC(=O)O)C(=O)N[C@@H](Cc2cnc[nH]2)C(=O)N[C@H](Cc2ccccc2)C(=O)N[C@@H](CCCNC(=N)N)C(=O)N[C@@H](Cc2c[nH]c3ccccc23)C(=O)N1)C(N)=O. The molecule has 4 aromatic rings. The van der Waals surface area contributed by atoms with Gasteiger partial charge in [0.2, 0.25) is 76.8 Å². The molecule has 3 aliphatic rings. The molecule has 10 atom stereocenters. The number of carboxylic acid groups (broad SMARTS) is 4. The van der Waals surface area contributed by atoms with Crippen molar-refractivity contribution in [3.05, 3.63) is 90.1 Å². The van der Waals surface area contributed by atoms with E-state index in [0.29, 0.717) is 22.0 Å². The molecular weight excluding hydrogens is 1640 g/mol. The van der Waals surface area contributed by atoms with Crippen LogP contribution in [0.25, 0.3) is 10.9 Å². The Morgan fingerprint density at radius 2 is 1.07 bits per heavy atom. The van der Waals surface area contributed by atoms with Gasteiger partial charge < -0.3 is 122 Å². The monoisotopic (exact) mass is 1750 g/mol. The highest BCUT2D eigenvalue weighted by atomic mass is 16.4. The Kier molecular flexibility index (Phi) is 39.2. The van der Waals surface area contributed by atoms with Gasteiger partial charge in [-0.3, -0.25) is 112 Å². The average molecular weight is 1750 g/mol. The van der Waals surface area contributed by atoms with Crippen molar-refractivity contribution in [2.75, 3.05) is 111 Å². The number of carbonyl (C=O) groups excluding carboxylic acids is 13. The lowest BCUT2D eigenvalue weighted by Gasteiger charge is -2.32. The summed E-state index contributed by atoms with van der Waals surface area (Å²) in [6.45, 7) is -0.654. The number of rotatable bonds is 35. The second-order valence-corrected chi connectivity index (χ2v) is 30.9. The van der Waals surface area contributed by atoms with E-state index in [9.17, 15) is 63.6 Å². The molecule has 0 spiro atoms. The number of imidazole rings is 1. The number of nitrogens with two attached hydrogens (primary N) is 3. The van der Waals surface area contributed by atoms with E-state index in [0.717, 1.165) is 0 Å². The summed E-state index contributed by atoms with van der Waals surface area (Å²) in [6.07, 6.45) is -0.0647. The fourth-order valence-corrected chi connectivity index (χ4v) is 14.3. The zero-order valence-corrected chi connectivity index (χ0v) is 69.4. The molecule has 3 fully saturated rings. The van der Waals surface area contributed by atoms with E-state index in [2.05, 4.69) is 84.1 Å². The number of benzene rings is 2. The average Bonchev–Trinajstić information content (AvgIpc) is 1.74. The van der Waals surface area contributed by atoms with Crippen LogP contribution in [-0.4, -0.2) is 344 Å². The third-order valence-corrected chi connectivity index (χ3v) is 20.9. The first-order valence-corrected chi connectivity index (χ1v) is 40.8. The number of aromatic nitrogens is 3. The van der Waals surface area contributed by atoms with E-state index in [1.807, 2.05) is 0 Å². The molecule has 5 heterocycles. The number of carbonyl (C=O) groups is 17. The van der Waals surface area contributed by atoms with Gasteiger partial charge >= 0.3 is 23.9 Å². The molecule has 0 unspecified atom stereocenters. The molecule has 7 rings (SSSR count). The van der Waals surface area contributed by atoms with Crippen LogP contribution in [0.1, 0.15) is 88.5 Å². The largest absolute Gasteiger partial charge is 0.481 e. The van der Waals surface area contributed by atoms with Crippen molar-refractivity contribution in [3.8, 4) is 0 Å². The molecular formula is C78H114N26O21. The summed E-state index contributed by atoms with van der Waals surface area (Å²) in [4.78, 5) is 258. The fraction of sp³-hybridized carbons (Fsp3) is 0.538. The first-order valence-electron chi connectivity index (χ1n) is 40.8. The van der Waals surface area contributed by atoms with Crippen LogP contribution in [0.5, 0.6) is 0 Å². The number of nitrogens with zero attached hydrogens (tertiary/aromatic N) is 6. The van der Waals surface area contributed by atoms with Crippen molar-refractivity contribution in [2.45, 2.75) is 151 Å². The quantitative estimate of drug-likeness (QED) is 0.0116. The molecule has 47 nitrogen and oxygen atoms in total. The first-order chi connectivity index (χ1) is 59.5. The highest BCUT2D eigenvalue weighted by Crippen LogP contribution is 2.23. The van der Waals surface area contributed by atoms with E-state index in [-0.39, 0.29) is 123 Å². The Morgan fingerprint density at radius 3 is 1.62 bits per heavy atom. The normalized spacial score (nSPS) is 21.2. The fourth-order valence-electron chi connectivity index (χ4n) is 14.3. The zero-order valence-electron chi connectivity index (χ0n) is 69.4. The topological polar surface area (TPSA) is 714 Å². The van der Waals surface area contributed by atoms with Gasteiger partial charge in [0.15, 0.2) is 11.9 Å². The van der Waals surface area contributed by atoms with Crippen LogP contribution in [0.15, 0.2) is 73.3 Å². The van der Waals surface area contributed by atoms with Crippen molar-refractivity contribution in [2.24, 2.45) is 23.1 Å². The maximum absolute atomic E-state index is 15.7. The van der Waals surface area contributed by atoms with Gasteiger partial charge in [-0.25, -0.2) is 4.98 Å². The molecule has 3 saturated heterocycles. The van der Waals surface area contributed by atoms with Crippen LogP contribution in [0.4, 0.5) is 0 Å². The van der Waals surface area contributed by atoms with Gasteiger partial charge in [0, 0.05) is 133 Å². The second kappa shape index (κ2) is 49.6. The number of primary amides is 1. The highest BCUT2D eigenvalue weighted by molar-refractivity contribution is 6.01. The smallest absolute Gasteiger partial charge is 0.317 e. The molecule has 125 heavy (non-hydrogen) atoms. The van der Waals surface area contributed by atoms with E-state index in [4.69, 9.17) is 28.0 Å². The lowest BCUT2D eigenvalue weighted by atomic mass is 10.0. The van der Waals surface area contributed by atoms with Gasteiger partial charge in [-0.2, -0.15) is 0 Å². The molecule has 0 aliphatic carbocycles. The summed E-state index contributed by atoms with van der Waals surface area (Å²) < 4.78 is 0. The number of amides is 13. The highest BCUT2D eigenvalue weighted by Gasteiger charge is 2.42. The number of aliphatic carboxylic acids is 4. The molecule has 0 radical (unpaired) electrons. The van der Waals surface area contributed by atoms with Crippen LogP contribution < -0.4 is 86.3 Å². The number of likely N-dealkylation sites (tertiary alicyclic amines) is 1. The second-order valence-electron chi connectivity index (χ2n) is 30.9. The Hall–Kier alpha value is -13.4. The minimum absolute atomic E-state index is 0.00490. The number of aromatic amines is 2. The summed E-state index contributed by atoms with van der Waals surface area (Å²) in [6, 6.07) is -2.02. The molecule has 2 aromatic carbocycles. The van der Waals surface area contributed by atoms with Crippen molar-refractivity contribution in [3.63, 3.8) is 0 Å². The number of guanidine groups is 2. The predicted octanol–water partition coefficient (Wildman–Crippen LogP) is -8.08. The minimum Gasteiger partial charge on any atom is -0.481 e. The molecule has 27 N–H and O–H groups in total. The summed E-state index contributed by atoms with van der Waals surface area (Å²) in [5, 5.41) is 88.7. The molecule has 13 amide bonds. The lowest BCUT2D eigenvalue weighted by molar-refractivity contribution is -0.143. The Labute approximate surface area is 717 Å². The van der Waals surface area contributed by atoms with Gasteiger partial charge in [0.25, 0.3) is 0 Å². The minimum atomic E-state index is -2.14. The van der Waals surface area contributed by atoms with Crippen LogP contribution in [0.3, 0.4) is 0 Å². The van der Waals surface area contributed by atoms with E-state index < -0.39 is 250 Å². The van der Waals surface area contributed by atoms with Crippen LogP contribution in [0, 0.1) is 16.7 Å². The summed E-state index contributed by atoms with van der Waals surface area (Å²) >= 11 is 0. The van der Waals surface area contributed by atoms with Crippen molar-refractivity contribution in [1.29, 1.82) is 10.8 Å². The van der Waals surface area contributed by atoms with Gasteiger partial charge in [-0.05, 0) is 68.1 Å². The Bertz CT molecular complexity index is 4430. The zero-order chi connectivity index (χ0) is 91.4. The molecule has 682 valence electrons. The Balaban J connectivity index is 1.32. The third kappa shape index (κ3) is 33.7. The van der Waals surface area contributed by atoms with Crippen molar-refractivity contribution >= 4 is 123 Å². The summed E-state index contributed by atoms with van der Waals surface area (Å²) in [5.74, 6) is -20.5. The van der Waals surface area contributed by atoms with Gasteiger partial charge in [-0.1, -0.05) is 62.4 Å². The van der Waals surface area contributed by atoms with Gasteiger partial charge in [0.05, 0.1) is 45.5 Å². The number of hydrogen-bond acceptors (Lipinski definition) is 24. The number of H-pyrrole nitrogens is 2. The predicted molar refractivity (Wildman–Crippen MR) is 445 cm³/mol. The summed E-state index contributed by atoms with van der Waals surface area (Å²) in [5.41, 5.74) is 18.5. The number of nitrogens with one attached hydrogen (secondary N) is 17. The van der Waals surface area contributed by atoms with Crippen molar-refractivity contribution < 1.29 is 102 Å². The molecule has 2 aromatic heterocycles. The van der Waals surface area contributed by atoms with Gasteiger partial charge in [0.1, 0.15) is 60.4 Å². The van der Waals surface area contributed by atoms with Gasteiger partial charge in [-0.15, -0.1) is 0 Å². The maximum Gasteiger partial charge on any atom is 0.317 e. The van der Waals surface area contributed by atoms with Crippen molar-refractivity contribution in [1.82, 2.24) is 109 Å². The lowest BCUT2D eigenvalue weighted by Crippen LogP contribution is -2.61. The summed E-state index contributed by atoms with van der Waals surface area (Å²) in [7, 11) is 0. The number of fused-ring (bicyclic) bond motifs is 1. The van der Waals surface area contributed by atoms with E-state index in [1.54, 1.807) is 73.3 Å². The molecule has 3 aliphatic heterocycles. The maximum atomic E-state index is 15.7. The van der Waals surface area contributed by atoms with Crippen LogP contribution >= 0.6 is 0 Å².